The average molecular weight is 501 g/mol. The molecule has 0 aliphatic carbocycles. The molecule has 39 heavy (non-hydrogen) atoms. The van der Waals surface area contributed by atoms with Gasteiger partial charge >= 0.3 is 0 Å². The molecule has 182 valence electrons. The Hall–Kier alpha value is -5.28. The van der Waals surface area contributed by atoms with Crippen molar-refractivity contribution in [3.05, 3.63) is 121 Å². The summed E-state index contributed by atoms with van der Waals surface area (Å²) in [6.45, 7) is 0. The van der Waals surface area contributed by atoms with Crippen LogP contribution < -0.4 is 0 Å². The average Bonchev–Trinajstić information content (AvgIpc) is 3.67. The van der Waals surface area contributed by atoms with Crippen LogP contribution in [-0.2, 0) is 0 Å². The molecule has 0 aliphatic heterocycles. The molecule has 0 fully saturated rings. The van der Waals surface area contributed by atoms with Crippen molar-refractivity contribution >= 4 is 65.8 Å². The fourth-order valence-corrected chi connectivity index (χ4v) is 6.03. The molecule has 3 aromatic heterocycles. The van der Waals surface area contributed by atoms with Crippen LogP contribution in [0.1, 0.15) is 0 Å². The number of hydrogen-bond acceptors (Lipinski definition) is 3. The Balaban J connectivity index is 1.31. The first-order valence-electron chi connectivity index (χ1n) is 13.1. The number of rotatable bonds is 2. The van der Waals surface area contributed by atoms with E-state index in [-0.39, 0.29) is 0 Å². The van der Waals surface area contributed by atoms with Crippen LogP contribution in [-0.4, -0.2) is 0 Å². The molecule has 3 heteroatoms. The molecule has 0 radical (unpaired) electrons. The van der Waals surface area contributed by atoms with Crippen LogP contribution >= 0.6 is 0 Å². The van der Waals surface area contributed by atoms with Crippen LogP contribution in [0.5, 0.6) is 0 Å². The second-order valence-electron chi connectivity index (χ2n) is 10.1. The van der Waals surface area contributed by atoms with Crippen LogP contribution in [0.4, 0.5) is 0 Å². The maximum Gasteiger partial charge on any atom is 0.136 e. The minimum Gasteiger partial charge on any atom is -0.456 e. The summed E-state index contributed by atoms with van der Waals surface area (Å²) in [4.78, 5) is 0. The van der Waals surface area contributed by atoms with E-state index in [0.717, 1.165) is 82.5 Å². The van der Waals surface area contributed by atoms with Crippen molar-refractivity contribution in [3.63, 3.8) is 0 Å². The maximum atomic E-state index is 6.34. The van der Waals surface area contributed by atoms with Gasteiger partial charge in [-0.25, -0.2) is 0 Å². The van der Waals surface area contributed by atoms with E-state index in [1.807, 2.05) is 30.3 Å². The molecule has 6 aromatic carbocycles. The zero-order valence-electron chi connectivity index (χ0n) is 20.8. The highest BCUT2D eigenvalue weighted by molar-refractivity contribution is 6.26. The normalized spacial score (nSPS) is 12.1. The molecule has 0 unspecified atom stereocenters. The quantitative estimate of drug-likeness (QED) is 0.237. The third-order valence-corrected chi connectivity index (χ3v) is 7.88. The Morgan fingerprint density at radius 1 is 0.282 bits per heavy atom. The van der Waals surface area contributed by atoms with Gasteiger partial charge in [-0.05, 0) is 76.9 Å². The monoisotopic (exact) mass is 500 g/mol. The van der Waals surface area contributed by atoms with Gasteiger partial charge in [0.15, 0.2) is 0 Å². The Kier molecular flexibility index (Phi) is 4.05. The summed E-state index contributed by atoms with van der Waals surface area (Å²) in [5, 5.41) is 6.60. The van der Waals surface area contributed by atoms with Gasteiger partial charge in [0.05, 0.1) is 0 Å². The lowest BCUT2D eigenvalue weighted by Gasteiger charge is -2.03. The van der Waals surface area contributed by atoms with Gasteiger partial charge < -0.3 is 13.3 Å². The second kappa shape index (κ2) is 7.62. The lowest BCUT2D eigenvalue weighted by Crippen LogP contribution is -1.79. The summed E-state index contributed by atoms with van der Waals surface area (Å²) >= 11 is 0. The molecule has 9 aromatic rings. The molecule has 0 atom stereocenters. The van der Waals surface area contributed by atoms with Gasteiger partial charge in [-0.15, -0.1) is 0 Å². The number of furan rings is 3. The Bertz CT molecular complexity index is 2380. The minimum atomic E-state index is 0.860. The topological polar surface area (TPSA) is 39.4 Å². The highest BCUT2D eigenvalue weighted by Gasteiger charge is 2.18. The van der Waals surface area contributed by atoms with Crippen LogP contribution in [0.15, 0.2) is 135 Å². The van der Waals surface area contributed by atoms with Gasteiger partial charge in [0.2, 0.25) is 0 Å². The fraction of sp³-hybridized carbons (Fsp3) is 0. The molecule has 3 heterocycles. The standard InChI is InChI=1S/C36H20O3/c1-2-6-21(7-3-1)22-10-14-31-27(19-22)35-33(38-31)16-17-34-36(35)28-20-24(12-15-32(28)39-34)23-11-13-30-26(18-23)25-8-4-5-9-29(25)37-30/h1-20H. The Morgan fingerprint density at radius 2 is 0.718 bits per heavy atom. The van der Waals surface area contributed by atoms with Crippen molar-refractivity contribution < 1.29 is 13.3 Å². The molecule has 0 saturated heterocycles. The third kappa shape index (κ3) is 2.98. The van der Waals surface area contributed by atoms with E-state index in [1.165, 1.54) is 5.56 Å². The molecule has 0 N–H and O–H groups in total. The summed E-state index contributed by atoms with van der Waals surface area (Å²) < 4.78 is 18.7. The van der Waals surface area contributed by atoms with Crippen molar-refractivity contribution in [1.82, 2.24) is 0 Å². The SMILES string of the molecule is c1ccc(-c2ccc3oc4ccc5oc6ccc(-c7ccc8oc9ccccc9c8c7)cc6c5c4c3c2)cc1. The second-order valence-corrected chi connectivity index (χ2v) is 10.1. The Labute approximate surface area is 222 Å². The van der Waals surface area contributed by atoms with Crippen molar-refractivity contribution in [2.45, 2.75) is 0 Å². The summed E-state index contributed by atoms with van der Waals surface area (Å²) in [6.07, 6.45) is 0. The van der Waals surface area contributed by atoms with Gasteiger partial charge in [0.25, 0.3) is 0 Å². The maximum absolute atomic E-state index is 6.34. The molecule has 3 nitrogen and oxygen atoms in total. The van der Waals surface area contributed by atoms with E-state index in [4.69, 9.17) is 13.3 Å². The molecule has 0 amide bonds. The van der Waals surface area contributed by atoms with Crippen LogP contribution in [0.3, 0.4) is 0 Å². The van der Waals surface area contributed by atoms with Crippen LogP contribution in [0.2, 0.25) is 0 Å². The van der Waals surface area contributed by atoms with Crippen molar-refractivity contribution in [1.29, 1.82) is 0 Å². The van der Waals surface area contributed by atoms with Crippen LogP contribution in [0, 0.1) is 0 Å². The van der Waals surface area contributed by atoms with Crippen molar-refractivity contribution in [2.75, 3.05) is 0 Å². The van der Waals surface area contributed by atoms with Gasteiger partial charge in [0.1, 0.15) is 33.5 Å². The highest BCUT2D eigenvalue weighted by atomic mass is 16.3. The minimum absolute atomic E-state index is 0.860. The third-order valence-electron chi connectivity index (χ3n) is 7.88. The lowest BCUT2D eigenvalue weighted by molar-refractivity contribution is 0.663. The van der Waals surface area contributed by atoms with Crippen molar-refractivity contribution in [3.8, 4) is 22.3 Å². The first-order chi connectivity index (χ1) is 19.3. The van der Waals surface area contributed by atoms with E-state index in [2.05, 4.69) is 91.0 Å². The molecular weight excluding hydrogens is 480 g/mol. The van der Waals surface area contributed by atoms with E-state index in [0.29, 0.717) is 0 Å². The predicted molar refractivity (Wildman–Crippen MR) is 159 cm³/mol. The zero-order valence-corrected chi connectivity index (χ0v) is 20.8. The number of fused-ring (bicyclic) bond motifs is 10. The van der Waals surface area contributed by atoms with Crippen molar-refractivity contribution in [2.24, 2.45) is 0 Å². The Morgan fingerprint density at radius 3 is 1.36 bits per heavy atom. The highest BCUT2D eigenvalue weighted by Crippen LogP contribution is 2.42. The molecule has 0 bridgehead atoms. The van der Waals surface area contributed by atoms with Crippen LogP contribution in [0.25, 0.3) is 88.1 Å². The molecule has 0 aliphatic rings. The van der Waals surface area contributed by atoms with Gasteiger partial charge in [-0.1, -0.05) is 66.7 Å². The summed E-state index contributed by atoms with van der Waals surface area (Å²) in [5.41, 5.74) is 9.89. The number of para-hydroxylation sites is 1. The summed E-state index contributed by atoms with van der Waals surface area (Å²) in [5.74, 6) is 0. The predicted octanol–water partition coefficient (Wildman–Crippen LogP) is 10.7. The van der Waals surface area contributed by atoms with E-state index in [9.17, 15) is 0 Å². The largest absolute Gasteiger partial charge is 0.456 e. The molecular formula is C36H20O3. The molecule has 0 saturated carbocycles. The number of benzene rings is 6. The number of hydrogen-bond donors (Lipinski definition) is 0. The summed E-state index contributed by atoms with van der Waals surface area (Å²) in [7, 11) is 0. The molecule has 9 rings (SSSR count). The zero-order chi connectivity index (χ0) is 25.5. The van der Waals surface area contributed by atoms with Gasteiger partial charge in [0, 0.05) is 32.3 Å². The lowest BCUT2D eigenvalue weighted by atomic mass is 9.98. The first-order valence-corrected chi connectivity index (χ1v) is 13.1. The van der Waals surface area contributed by atoms with E-state index in [1.54, 1.807) is 0 Å². The molecule has 0 spiro atoms. The first kappa shape index (κ1) is 20.7. The van der Waals surface area contributed by atoms with Gasteiger partial charge in [-0.2, -0.15) is 0 Å². The van der Waals surface area contributed by atoms with E-state index < -0.39 is 0 Å². The van der Waals surface area contributed by atoms with E-state index >= 15 is 0 Å². The summed E-state index contributed by atoms with van der Waals surface area (Å²) in [6, 6.07) is 42.0. The van der Waals surface area contributed by atoms with Gasteiger partial charge in [-0.3, -0.25) is 0 Å². The fourth-order valence-electron chi connectivity index (χ4n) is 6.03. The smallest absolute Gasteiger partial charge is 0.136 e.